The molecule has 21 heavy (non-hydrogen) atoms. The van der Waals surface area contributed by atoms with Gasteiger partial charge < -0.3 is 20.7 Å². The average molecular weight is 293 g/mol. The number of esters is 1. The molecule has 3 N–H and O–H groups in total. The molecule has 0 aliphatic rings. The second-order valence-electron chi connectivity index (χ2n) is 4.08. The molecule has 0 saturated carbocycles. The lowest BCUT2D eigenvalue weighted by molar-refractivity contribution is -0.143. The maximum atomic E-state index is 11.5. The monoisotopic (exact) mass is 293 g/mol. The molecule has 0 aliphatic carbocycles. The zero-order valence-electron chi connectivity index (χ0n) is 11.8. The lowest BCUT2D eigenvalue weighted by Gasteiger charge is -2.08. The Morgan fingerprint density at radius 3 is 2.48 bits per heavy atom. The molecule has 1 aromatic carbocycles. The van der Waals surface area contributed by atoms with Crippen LogP contribution in [0.25, 0.3) is 0 Å². The standard InChI is InChI=1S/C14H19N3O4/c1-2-21-13(19)8-9-15-12(18)10-16-14(20)17-11-6-4-3-5-7-11/h3-7H,2,8-10H2,1H3,(H,15,18)(H2,16,17,20). The second kappa shape index (κ2) is 9.35. The Balaban J connectivity index is 2.15. The highest BCUT2D eigenvalue weighted by molar-refractivity contribution is 5.92. The molecule has 0 aromatic heterocycles. The molecule has 0 unspecified atom stereocenters. The van der Waals surface area contributed by atoms with Gasteiger partial charge in [0.15, 0.2) is 0 Å². The molecule has 0 aliphatic heterocycles. The summed E-state index contributed by atoms with van der Waals surface area (Å²) in [6, 6.07) is 8.41. The van der Waals surface area contributed by atoms with Gasteiger partial charge in [-0.25, -0.2) is 4.79 Å². The maximum Gasteiger partial charge on any atom is 0.319 e. The molecular weight excluding hydrogens is 274 g/mol. The van der Waals surface area contributed by atoms with E-state index in [-0.39, 0.29) is 31.4 Å². The molecule has 0 heterocycles. The van der Waals surface area contributed by atoms with Gasteiger partial charge in [0.25, 0.3) is 0 Å². The zero-order valence-corrected chi connectivity index (χ0v) is 11.8. The fourth-order valence-electron chi connectivity index (χ4n) is 1.46. The highest BCUT2D eigenvalue weighted by Crippen LogP contribution is 2.03. The highest BCUT2D eigenvalue weighted by Gasteiger charge is 2.06. The Kier molecular flexibility index (Phi) is 7.34. The Morgan fingerprint density at radius 2 is 1.81 bits per heavy atom. The van der Waals surface area contributed by atoms with E-state index >= 15 is 0 Å². The van der Waals surface area contributed by atoms with Gasteiger partial charge in [-0.05, 0) is 19.1 Å². The van der Waals surface area contributed by atoms with Crippen molar-refractivity contribution in [3.8, 4) is 0 Å². The van der Waals surface area contributed by atoms with E-state index in [0.717, 1.165) is 0 Å². The molecule has 7 heteroatoms. The van der Waals surface area contributed by atoms with Crippen molar-refractivity contribution in [2.45, 2.75) is 13.3 Å². The largest absolute Gasteiger partial charge is 0.466 e. The van der Waals surface area contributed by atoms with Gasteiger partial charge in [0.2, 0.25) is 5.91 Å². The van der Waals surface area contributed by atoms with E-state index in [4.69, 9.17) is 4.74 Å². The van der Waals surface area contributed by atoms with Crippen molar-refractivity contribution >= 4 is 23.6 Å². The number of urea groups is 1. The van der Waals surface area contributed by atoms with Gasteiger partial charge >= 0.3 is 12.0 Å². The van der Waals surface area contributed by atoms with Crippen molar-refractivity contribution in [3.63, 3.8) is 0 Å². The normalized spacial score (nSPS) is 9.57. The van der Waals surface area contributed by atoms with Crippen molar-refractivity contribution in [2.75, 3.05) is 25.0 Å². The van der Waals surface area contributed by atoms with Crippen molar-refractivity contribution in [3.05, 3.63) is 30.3 Å². The fraction of sp³-hybridized carbons (Fsp3) is 0.357. The van der Waals surface area contributed by atoms with Crippen LogP contribution in [-0.2, 0) is 14.3 Å². The summed E-state index contributed by atoms with van der Waals surface area (Å²) in [5.74, 6) is -0.741. The van der Waals surface area contributed by atoms with Crippen molar-refractivity contribution in [2.24, 2.45) is 0 Å². The number of benzene rings is 1. The highest BCUT2D eigenvalue weighted by atomic mass is 16.5. The summed E-state index contributed by atoms with van der Waals surface area (Å²) in [7, 11) is 0. The Morgan fingerprint density at radius 1 is 1.10 bits per heavy atom. The van der Waals surface area contributed by atoms with E-state index in [0.29, 0.717) is 12.3 Å². The van der Waals surface area contributed by atoms with Gasteiger partial charge in [-0.2, -0.15) is 0 Å². The van der Waals surface area contributed by atoms with Crippen LogP contribution in [0.15, 0.2) is 30.3 Å². The number of hydrogen-bond acceptors (Lipinski definition) is 4. The molecule has 1 aromatic rings. The van der Waals surface area contributed by atoms with E-state index < -0.39 is 6.03 Å². The van der Waals surface area contributed by atoms with Crippen molar-refractivity contribution in [1.82, 2.24) is 10.6 Å². The summed E-state index contributed by atoms with van der Waals surface area (Å²) in [6.07, 6.45) is 0.107. The quantitative estimate of drug-likeness (QED) is 0.650. The molecule has 0 fully saturated rings. The number of rotatable bonds is 7. The number of ether oxygens (including phenoxy) is 1. The summed E-state index contributed by atoms with van der Waals surface area (Å²) in [4.78, 5) is 34.0. The van der Waals surface area contributed by atoms with Crippen LogP contribution in [0.4, 0.5) is 10.5 Å². The average Bonchev–Trinajstić information content (AvgIpc) is 2.46. The molecular formula is C14H19N3O4. The van der Waals surface area contributed by atoms with Gasteiger partial charge in [0.05, 0.1) is 19.6 Å². The van der Waals surface area contributed by atoms with Crippen LogP contribution in [0.3, 0.4) is 0 Å². The summed E-state index contributed by atoms with van der Waals surface area (Å²) >= 11 is 0. The first-order valence-corrected chi connectivity index (χ1v) is 6.64. The van der Waals surface area contributed by atoms with E-state index in [1.807, 2.05) is 6.07 Å². The van der Waals surface area contributed by atoms with Crippen molar-refractivity contribution in [1.29, 1.82) is 0 Å². The summed E-state index contributed by atoms with van der Waals surface area (Å²) in [6.45, 7) is 2.04. The lowest BCUT2D eigenvalue weighted by atomic mass is 10.3. The smallest absolute Gasteiger partial charge is 0.319 e. The minimum atomic E-state index is -0.471. The van der Waals surface area contributed by atoms with Gasteiger partial charge in [-0.15, -0.1) is 0 Å². The third-order valence-electron chi connectivity index (χ3n) is 2.40. The van der Waals surface area contributed by atoms with Gasteiger partial charge in [-0.3, -0.25) is 9.59 Å². The molecule has 0 bridgehead atoms. The van der Waals surface area contributed by atoms with Crippen molar-refractivity contribution < 1.29 is 19.1 Å². The van der Waals surface area contributed by atoms with Crippen LogP contribution in [-0.4, -0.2) is 37.6 Å². The van der Waals surface area contributed by atoms with Gasteiger partial charge in [0, 0.05) is 12.2 Å². The van der Waals surface area contributed by atoms with Gasteiger partial charge in [0.1, 0.15) is 0 Å². The summed E-state index contributed by atoms with van der Waals surface area (Å²) < 4.78 is 4.72. The molecule has 0 saturated heterocycles. The van der Waals surface area contributed by atoms with E-state index in [1.54, 1.807) is 31.2 Å². The first-order valence-electron chi connectivity index (χ1n) is 6.64. The fourth-order valence-corrected chi connectivity index (χ4v) is 1.46. The van der Waals surface area contributed by atoms with E-state index in [2.05, 4.69) is 16.0 Å². The molecule has 1 rings (SSSR count). The van der Waals surface area contributed by atoms with Crippen LogP contribution < -0.4 is 16.0 Å². The minimum Gasteiger partial charge on any atom is -0.466 e. The van der Waals surface area contributed by atoms with Gasteiger partial charge in [-0.1, -0.05) is 18.2 Å². The first kappa shape index (κ1) is 16.5. The molecule has 7 nitrogen and oxygen atoms in total. The number of hydrogen-bond donors (Lipinski definition) is 3. The van der Waals surface area contributed by atoms with Crippen LogP contribution in [0, 0.1) is 0 Å². The van der Waals surface area contributed by atoms with Crippen LogP contribution >= 0.6 is 0 Å². The topological polar surface area (TPSA) is 96.5 Å². The maximum absolute atomic E-state index is 11.5. The predicted molar refractivity (Wildman–Crippen MR) is 77.7 cm³/mol. The number of carbonyl (C=O) groups excluding carboxylic acids is 3. The number of nitrogens with one attached hydrogen (secondary N) is 3. The Labute approximate surface area is 123 Å². The lowest BCUT2D eigenvalue weighted by Crippen LogP contribution is -2.39. The Bertz CT molecular complexity index is 476. The first-order chi connectivity index (χ1) is 10.1. The predicted octanol–water partition coefficient (Wildman–Crippen LogP) is 0.877. The summed E-state index contributed by atoms with van der Waals surface area (Å²) in [5.41, 5.74) is 0.637. The second-order valence-corrected chi connectivity index (χ2v) is 4.08. The number of para-hydroxylation sites is 1. The number of carbonyl (C=O) groups is 3. The third-order valence-corrected chi connectivity index (χ3v) is 2.40. The Hall–Kier alpha value is -2.57. The summed E-state index contributed by atoms with van der Waals surface area (Å²) in [5, 5.41) is 7.51. The SMILES string of the molecule is CCOC(=O)CCNC(=O)CNC(=O)Nc1ccccc1. The minimum absolute atomic E-state index is 0.107. The zero-order chi connectivity index (χ0) is 15.5. The molecule has 3 amide bonds. The molecule has 0 atom stereocenters. The van der Waals surface area contributed by atoms with Crippen LogP contribution in [0.2, 0.25) is 0 Å². The molecule has 0 spiro atoms. The van der Waals surface area contributed by atoms with Crippen LogP contribution in [0.1, 0.15) is 13.3 Å². The third kappa shape index (κ3) is 7.56. The van der Waals surface area contributed by atoms with Crippen LogP contribution in [0.5, 0.6) is 0 Å². The van der Waals surface area contributed by atoms with E-state index in [1.165, 1.54) is 0 Å². The molecule has 114 valence electrons. The molecule has 0 radical (unpaired) electrons. The number of amides is 3. The number of anilines is 1. The van der Waals surface area contributed by atoms with E-state index in [9.17, 15) is 14.4 Å².